The van der Waals surface area contributed by atoms with Crippen LogP contribution in [0.3, 0.4) is 0 Å². The van der Waals surface area contributed by atoms with Gasteiger partial charge in [0.15, 0.2) is 0 Å². The highest BCUT2D eigenvalue weighted by molar-refractivity contribution is 8.04. The molecule has 0 aromatic heterocycles. The average molecular weight is 248 g/mol. The lowest BCUT2D eigenvalue weighted by Crippen LogP contribution is -2.22. The van der Waals surface area contributed by atoms with Crippen LogP contribution in [0.1, 0.15) is 0 Å². The van der Waals surface area contributed by atoms with Crippen LogP contribution in [-0.2, 0) is 33.4 Å². The molecule has 9 nitrogen and oxygen atoms in total. The third kappa shape index (κ3) is 5.31. The molecule has 11 heteroatoms. The van der Waals surface area contributed by atoms with Gasteiger partial charge in [0.1, 0.15) is 0 Å². The maximum Gasteiger partial charge on any atom is 0.521 e. The molecule has 0 amide bonds. The molecule has 0 aromatic carbocycles. The number of hydrogen-bond donors (Lipinski definition) is 1. The number of carbonyl (C=O) groups is 2. The van der Waals surface area contributed by atoms with Crippen molar-refractivity contribution < 1.29 is 39.9 Å². The van der Waals surface area contributed by atoms with E-state index in [4.69, 9.17) is 5.11 Å². The molecule has 0 spiro atoms. The summed E-state index contributed by atoms with van der Waals surface area (Å²) in [5.74, 6) is 0. The molecule has 0 saturated heterocycles. The molecule has 0 heterocycles. The zero-order valence-electron chi connectivity index (χ0n) is 6.31. The van der Waals surface area contributed by atoms with Crippen LogP contribution in [0, 0.1) is 0 Å². The zero-order valence-corrected chi connectivity index (χ0v) is 7.95. The zero-order chi connectivity index (χ0) is 11.4. The van der Waals surface area contributed by atoms with Crippen LogP contribution < -0.4 is 0 Å². The monoisotopic (exact) mass is 248 g/mol. The lowest BCUT2D eigenvalue weighted by atomic mass is 11.5. The summed E-state index contributed by atoms with van der Waals surface area (Å²) in [5, 5.41) is 6.11. The molecule has 0 aliphatic rings. The van der Waals surface area contributed by atoms with Gasteiger partial charge in [-0.15, -0.1) is 0 Å². The van der Waals surface area contributed by atoms with Gasteiger partial charge in [0, 0.05) is 0 Å². The highest BCUT2D eigenvalue weighted by Crippen LogP contribution is 2.01. The Morgan fingerprint density at radius 3 is 2.07 bits per heavy atom. The van der Waals surface area contributed by atoms with Crippen LogP contribution in [0.2, 0.25) is 0 Å². The van der Waals surface area contributed by atoms with E-state index >= 15 is 0 Å². The summed E-state index contributed by atoms with van der Waals surface area (Å²) >= 11 is 0. The summed E-state index contributed by atoms with van der Waals surface area (Å²) in [6, 6.07) is 0. The van der Waals surface area contributed by atoms with E-state index < -0.39 is 37.9 Å². The maximum absolute atomic E-state index is 10.6. The van der Waals surface area contributed by atoms with E-state index in [1.807, 2.05) is 0 Å². The van der Waals surface area contributed by atoms with Gasteiger partial charge >= 0.3 is 32.9 Å². The molecule has 0 aliphatic carbocycles. The Kier molecular flexibility index (Phi) is 3.82. The molecule has 0 rings (SSSR count). The van der Waals surface area contributed by atoms with Crippen molar-refractivity contribution in [3.05, 3.63) is 0 Å². The Bertz CT molecular complexity index is 413. The van der Waals surface area contributed by atoms with Crippen molar-refractivity contribution in [3.63, 3.8) is 0 Å². The summed E-state index contributed by atoms with van der Waals surface area (Å²) in [5.41, 5.74) is 0. The normalized spacial score (nSPS) is 11.7. The first-order valence-electron chi connectivity index (χ1n) is 2.68. The lowest BCUT2D eigenvalue weighted by Gasteiger charge is -2.01. The van der Waals surface area contributed by atoms with E-state index in [0.717, 1.165) is 0 Å². The molecule has 0 saturated carbocycles. The minimum Gasteiger partial charge on any atom is -0.449 e. The topological polar surface area (TPSA) is 141 Å². The molecular formula is C3H4O9S2. The van der Waals surface area contributed by atoms with Crippen molar-refractivity contribution in [3.8, 4) is 0 Å². The Labute approximate surface area is 78.5 Å². The Morgan fingerprint density at radius 1 is 1.21 bits per heavy atom. The number of hydrogen-bond acceptors (Lipinski definition) is 8. The van der Waals surface area contributed by atoms with Gasteiger partial charge in [0.05, 0.1) is 0 Å². The van der Waals surface area contributed by atoms with E-state index in [1.165, 1.54) is 0 Å². The van der Waals surface area contributed by atoms with Gasteiger partial charge in [-0.1, -0.05) is 0 Å². The van der Waals surface area contributed by atoms with Crippen LogP contribution in [0.5, 0.6) is 0 Å². The van der Waals surface area contributed by atoms with Gasteiger partial charge in [-0.25, -0.2) is 4.79 Å². The Hall–Kier alpha value is -1.36. The highest BCUT2D eigenvalue weighted by Gasteiger charge is 2.27. The van der Waals surface area contributed by atoms with Crippen molar-refractivity contribution in [2.45, 2.75) is 0 Å². The van der Waals surface area contributed by atoms with E-state index in [2.05, 4.69) is 8.37 Å². The molecule has 14 heavy (non-hydrogen) atoms. The summed E-state index contributed by atoms with van der Waals surface area (Å²) < 4.78 is 48.8. The van der Waals surface area contributed by atoms with Gasteiger partial charge in [-0.3, -0.25) is 4.79 Å². The quantitative estimate of drug-likeness (QED) is 0.452. The van der Waals surface area contributed by atoms with E-state index in [1.54, 1.807) is 0 Å². The minimum atomic E-state index is -4.83. The van der Waals surface area contributed by atoms with Gasteiger partial charge in [0.2, 0.25) is 5.08 Å². The van der Waals surface area contributed by atoms with Crippen molar-refractivity contribution >= 4 is 32.9 Å². The van der Waals surface area contributed by atoms with Crippen LogP contribution in [-0.4, -0.2) is 39.7 Å². The third-order valence-electron chi connectivity index (χ3n) is 0.673. The molecule has 0 unspecified atom stereocenters. The minimum absolute atomic E-state index is 0.508. The fourth-order valence-corrected chi connectivity index (χ4v) is 2.56. The predicted octanol–water partition coefficient (Wildman–Crippen LogP) is -1.53. The third-order valence-corrected chi connectivity index (χ3v) is 3.75. The first-order chi connectivity index (χ1) is 6.18. The summed E-state index contributed by atoms with van der Waals surface area (Å²) in [4.78, 5) is 19.3. The second kappa shape index (κ2) is 4.23. The number of carboxylic acid groups (broad SMARTS) is 1. The molecular weight excluding hydrogens is 244 g/mol. The molecule has 0 atom stereocenters. The lowest BCUT2D eigenvalue weighted by molar-refractivity contribution is -0.120. The van der Waals surface area contributed by atoms with Crippen molar-refractivity contribution in [1.29, 1.82) is 0 Å². The van der Waals surface area contributed by atoms with Gasteiger partial charge < -0.3 is 13.5 Å². The molecule has 0 bridgehead atoms. The highest BCUT2D eigenvalue weighted by atomic mass is 32.3. The Balaban J connectivity index is 4.68. The van der Waals surface area contributed by atoms with E-state index in [9.17, 15) is 26.4 Å². The standard InChI is InChI=1S/C3H4O9S2/c4-1-11-13(7,8)2-14(9,10)12-3(5)6/h1H,2H2,(H,5,6). The first kappa shape index (κ1) is 12.6. The summed E-state index contributed by atoms with van der Waals surface area (Å²) in [6.45, 7) is -0.508. The average Bonchev–Trinajstić information content (AvgIpc) is 1.78. The number of carbonyl (C=O) groups excluding carboxylic acids is 1. The first-order valence-corrected chi connectivity index (χ1v) is 5.84. The van der Waals surface area contributed by atoms with Crippen LogP contribution in [0.25, 0.3) is 0 Å². The van der Waals surface area contributed by atoms with Crippen molar-refractivity contribution in [2.75, 3.05) is 5.08 Å². The van der Waals surface area contributed by atoms with Gasteiger partial charge in [-0.2, -0.15) is 16.8 Å². The van der Waals surface area contributed by atoms with Gasteiger partial charge in [-0.05, 0) is 0 Å². The van der Waals surface area contributed by atoms with Crippen LogP contribution in [0.4, 0.5) is 4.79 Å². The second-order valence-corrected chi connectivity index (χ2v) is 5.31. The van der Waals surface area contributed by atoms with Crippen molar-refractivity contribution in [1.82, 2.24) is 0 Å². The smallest absolute Gasteiger partial charge is 0.449 e. The fourth-order valence-electron chi connectivity index (χ4n) is 0.397. The molecule has 1 N–H and O–H groups in total. The summed E-state index contributed by atoms with van der Waals surface area (Å²) in [7, 11) is -9.51. The van der Waals surface area contributed by atoms with E-state index in [0.29, 0.717) is 0 Å². The molecule has 0 radical (unpaired) electrons. The fraction of sp³-hybridized carbons (Fsp3) is 0.333. The molecule has 0 aliphatic heterocycles. The Morgan fingerprint density at radius 2 is 1.71 bits per heavy atom. The summed E-state index contributed by atoms with van der Waals surface area (Å²) in [6.07, 6.45) is -2.19. The largest absolute Gasteiger partial charge is 0.521 e. The van der Waals surface area contributed by atoms with Crippen LogP contribution >= 0.6 is 0 Å². The second-order valence-electron chi connectivity index (χ2n) is 1.77. The molecule has 0 fully saturated rings. The number of rotatable bonds is 5. The van der Waals surface area contributed by atoms with E-state index in [-0.39, 0.29) is 0 Å². The predicted molar refractivity (Wildman–Crippen MR) is 39.0 cm³/mol. The van der Waals surface area contributed by atoms with Crippen molar-refractivity contribution in [2.24, 2.45) is 0 Å². The SMILES string of the molecule is O=COS(=O)(=O)CS(=O)(=O)OC(=O)O. The molecule has 82 valence electrons. The van der Waals surface area contributed by atoms with Crippen LogP contribution in [0.15, 0.2) is 0 Å². The maximum atomic E-state index is 10.6. The molecule has 0 aromatic rings. The van der Waals surface area contributed by atoms with Gasteiger partial charge in [0.25, 0.3) is 0 Å².